The molecule has 1 rings (SSSR count). The lowest BCUT2D eigenvalue weighted by atomic mass is 10.1. The van der Waals surface area contributed by atoms with E-state index in [1.807, 2.05) is 19.1 Å². The monoisotopic (exact) mass is 332 g/mol. The van der Waals surface area contributed by atoms with Gasteiger partial charge in [-0.15, -0.1) is 11.6 Å². The predicted octanol–water partition coefficient (Wildman–Crippen LogP) is 4.89. The zero-order valence-corrected chi connectivity index (χ0v) is 13.3. The maximum absolute atomic E-state index is 5.88. The van der Waals surface area contributed by atoms with E-state index in [2.05, 4.69) is 28.9 Å². The fourth-order valence-corrected chi connectivity index (χ4v) is 2.42. The Kier molecular flexibility index (Phi) is 6.58. The van der Waals surface area contributed by atoms with Crippen molar-refractivity contribution in [3.63, 3.8) is 0 Å². The van der Waals surface area contributed by atoms with Gasteiger partial charge in [0.1, 0.15) is 0 Å². The van der Waals surface area contributed by atoms with Crippen molar-refractivity contribution >= 4 is 33.6 Å². The summed E-state index contributed by atoms with van der Waals surface area (Å²) in [5.74, 6) is 2.01. The van der Waals surface area contributed by atoms with Crippen molar-refractivity contribution in [2.45, 2.75) is 20.3 Å². The van der Waals surface area contributed by atoms with Gasteiger partial charge in [0.25, 0.3) is 0 Å². The van der Waals surface area contributed by atoms with Crippen LogP contribution in [0.1, 0.15) is 25.8 Å². The molecule has 1 aromatic carbocycles. The molecule has 100 valence electrons. The van der Waals surface area contributed by atoms with Crippen LogP contribution in [0, 0.1) is 0 Å². The number of allylic oxidation sites excluding steroid dienone is 1. The minimum Gasteiger partial charge on any atom is -0.493 e. The van der Waals surface area contributed by atoms with E-state index in [4.69, 9.17) is 21.1 Å². The molecule has 0 aliphatic carbocycles. The standard InChI is InChI=1S/C14H18BrClO2/c1-4-10(9-16)6-11-7-12(15)14(18-5-2)13(8-11)17-3/h6-8H,4-5,9H2,1-3H3. The highest BCUT2D eigenvalue weighted by molar-refractivity contribution is 9.10. The summed E-state index contributed by atoms with van der Waals surface area (Å²) in [7, 11) is 1.64. The van der Waals surface area contributed by atoms with Crippen LogP contribution < -0.4 is 9.47 Å². The van der Waals surface area contributed by atoms with Crippen LogP contribution >= 0.6 is 27.5 Å². The van der Waals surface area contributed by atoms with Gasteiger partial charge in [-0.2, -0.15) is 0 Å². The topological polar surface area (TPSA) is 18.5 Å². The Morgan fingerprint density at radius 1 is 1.39 bits per heavy atom. The van der Waals surface area contributed by atoms with E-state index < -0.39 is 0 Å². The molecule has 0 fully saturated rings. The Balaban J connectivity index is 3.17. The first kappa shape index (κ1) is 15.4. The molecule has 0 amide bonds. The van der Waals surface area contributed by atoms with Gasteiger partial charge in [-0.1, -0.05) is 18.6 Å². The molecule has 0 saturated carbocycles. The summed E-state index contributed by atoms with van der Waals surface area (Å²) in [6.07, 6.45) is 3.02. The fourth-order valence-electron chi connectivity index (χ4n) is 1.58. The lowest BCUT2D eigenvalue weighted by Crippen LogP contribution is -1.97. The Morgan fingerprint density at radius 3 is 2.61 bits per heavy atom. The average molecular weight is 334 g/mol. The summed E-state index contributed by atoms with van der Waals surface area (Å²) in [4.78, 5) is 0. The summed E-state index contributed by atoms with van der Waals surface area (Å²) in [6, 6.07) is 3.97. The third-order valence-electron chi connectivity index (χ3n) is 2.54. The fraction of sp³-hybridized carbons (Fsp3) is 0.429. The highest BCUT2D eigenvalue weighted by Gasteiger charge is 2.10. The van der Waals surface area contributed by atoms with Crippen molar-refractivity contribution in [2.75, 3.05) is 19.6 Å². The first-order valence-electron chi connectivity index (χ1n) is 5.91. The average Bonchev–Trinajstić information content (AvgIpc) is 2.38. The largest absolute Gasteiger partial charge is 0.493 e. The van der Waals surface area contributed by atoms with Gasteiger partial charge in [0.05, 0.1) is 18.2 Å². The molecule has 0 heterocycles. The van der Waals surface area contributed by atoms with Gasteiger partial charge in [-0.05, 0) is 47.0 Å². The van der Waals surface area contributed by atoms with E-state index in [0.717, 1.165) is 28.0 Å². The summed E-state index contributed by atoms with van der Waals surface area (Å²) in [5.41, 5.74) is 2.24. The summed E-state index contributed by atoms with van der Waals surface area (Å²) >= 11 is 9.38. The number of methoxy groups -OCH3 is 1. The zero-order valence-electron chi connectivity index (χ0n) is 10.9. The van der Waals surface area contributed by atoms with Crippen LogP contribution in [0.5, 0.6) is 11.5 Å². The molecule has 0 unspecified atom stereocenters. The van der Waals surface area contributed by atoms with Gasteiger partial charge in [0.15, 0.2) is 11.5 Å². The highest BCUT2D eigenvalue weighted by Crippen LogP contribution is 2.37. The molecule has 0 spiro atoms. The van der Waals surface area contributed by atoms with Crippen LogP contribution in [-0.4, -0.2) is 19.6 Å². The molecule has 0 atom stereocenters. The minimum atomic E-state index is 0.545. The van der Waals surface area contributed by atoms with Crippen molar-refractivity contribution in [3.8, 4) is 11.5 Å². The normalized spacial score (nSPS) is 11.5. The van der Waals surface area contributed by atoms with Crippen LogP contribution in [-0.2, 0) is 0 Å². The first-order valence-corrected chi connectivity index (χ1v) is 7.24. The molecule has 18 heavy (non-hydrogen) atoms. The molecule has 0 bridgehead atoms. The second-order valence-corrected chi connectivity index (χ2v) is 4.88. The number of halogens is 2. The van der Waals surface area contributed by atoms with Gasteiger partial charge in [0.2, 0.25) is 0 Å². The van der Waals surface area contributed by atoms with E-state index in [1.165, 1.54) is 5.57 Å². The Hall–Kier alpha value is -0.670. The summed E-state index contributed by atoms with van der Waals surface area (Å²) < 4.78 is 11.8. The molecule has 0 N–H and O–H groups in total. The second kappa shape index (κ2) is 7.70. The van der Waals surface area contributed by atoms with E-state index in [-0.39, 0.29) is 0 Å². The number of hydrogen-bond acceptors (Lipinski definition) is 2. The Labute approximate surface area is 122 Å². The quantitative estimate of drug-likeness (QED) is 0.690. The smallest absolute Gasteiger partial charge is 0.175 e. The number of ether oxygens (including phenoxy) is 2. The van der Waals surface area contributed by atoms with Crippen LogP contribution in [0.25, 0.3) is 6.08 Å². The lowest BCUT2D eigenvalue weighted by molar-refractivity contribution is 0.309. The minimum absolute atomic E-state index is 0.545. The number of rotatable bonds is 6. The van der Waals surface area contributed by atoms with Crippen molar-refractivity contribution in [1.82, 2.24) is 0 Å². The van der Waals surface area contributed by atoms with Gasteiger partial charge in [-0.25, -0.2) is 0 Å². The van der Waals surface area contributed by atoms with Gasteiger partial charge >= 0.3 is 0 Å². The second-order valence-electron chi connectivity index (χ2n) is 3.76. The molecule has 0 aromatic heterocycles. The third-order valence-corrected chi connectivity index (χ3v) is 3.47. The molecule has 1 aromatic rings. The Morgan fingerprint density at radius 2 is 2.11 bits per heavy atom. The first-order chi connectivity index (χ1) is 8.65. The molecular weight excluding hydrogens is 316 g/mol. The van der Waals surface area contributed by atoms with Gasteiger partial charge < -0.3 is 9.47 Å². The maximum atomic E-state index is 5.88. The van der Waals surface area contributed by atoms with E-state index >= 15 is 0 Å². The van der Waals surface area contributed by atoms with Crippen molar-refractivity contribution in [1.29, 1.82) is 0 Å². The molecular formula is C14H18BrClO2. The zero-order chi connectivity index (χ0) is 13.5. The third kappa shape index (κ3) is 3.92. The summed E-state index contributed by atoms with van der Waals surface area (Å²) in [5, 5.41) is 0. The van der Waals surface area contributed by atoms with Gasteiger partial charge in [0, 0.05) is 5.88 Å². The lowest BCUT2D eigenvalue weighted by Gasteiger charge is -2.12. The van der Waals surface area contributed by atoms with Crippen LogP contribution in [0.15, 0.2) is 22.2 Å². The molecule has 0 aliphatic rings. The predicted molar refractivity (Wildman–Crippen MR) is 80.9 cm³/mol. The van der Waals surface area contributed by atoms with Crippen molar-refractivity contribution in [3.05, 3.63) is 27.7 Å². The molecule has 0 saturated heterocycles. The van der Waals surface area contributed by atoms with E-state index in [1.54, 1.807) is 7.11 Å². The molecule has 4 heteroatoms. The van der Waals surface area contributed by atoms with Crippen LogP contribution in [0.4, 0.5) is 0 Å². The van der Waals surface area contributed by atoms with Crippen LogP contribution in [0.2, 0.25) is 0 Å². The Bertz CT molecular complexity index is 424. The maximum Gasteiger partial charge on any atom is 0.175 e. The van der Waals surface area contributed by atoms with E-state index in [0.29, 0.717) is 12.5 Å². The van der Waals surface area contributed by atoms with Crippen LogP contribution in [0.3, 0.4) is 0 Å². The van der Waals surface area contributed by atoms with Gasteiger partial charge in [-0.3, -0.25) is 0 Å². The number of benzene rings is 1. The van der Waals surface area contributed by atoms with Crippen molar-refractivity contribution in [2.24, 2.45) is 0 Å². The molecule has 0 aliphatic heterocycles. The summed E-state index contributed by atoms with van der Waals surface area (Å²) in [6.45, 7) is 4.64. The SMILES string of the molecule is CCOc1c(Br)cc(C=C(CC)CCl)cc1OC. The highest BCUT2D eigenvalue weighted by atomic mass is 79.9. The van der Waals surface area contributed by atoms with E-state index in [9.17, 15) is 0 Å². The van der Waals surface area contributed by atoms with Crippen molar-refractivity contribution < 1.29 is 9.47 Å². The molecule has 0 radical (unpaired) electrons. The number of alkyl halides is 1. The number of hydrogen-bond donors (Lipinski definition) is 0. The molecule has 2 nitrogen and oxygen atoms in total.